The van der Waals surface area contributed by atoms with Gasteiger partial charge in [-0.05, 0) is 13.3 Å². The normalized spacial score (nSPS) is 19.3. The largest absolute Gasteiger partial charge is 0.298 e. The van der Waals surface area contributed by atoms with Crippen molar-refractivity contribution in [2.45, 2.75) is 26.3 Å². The molecule has 1 saturated heterocycles. The summed E-state index contributed by atoms with van der Waals surface area (Å²) < 4.78 is 0. The quantitative estimate of drug-likeness (QED) is 0.759. The Balaban J connectivity index is 1.81. The van der Waals surface area contributed by atoms with E-state index in [1.54, 1.807) is 0 Å². The molecule has 0 aliphatic carbocycles. The maximum Gasteiger partial charge on any atom is 0.176 e. The molecule has 0 aromatic heterocycles. The summed E-state index contributed by atoms with van der Waals surface area (Å²) in [5.74, 6) is 0.234. The van der Waals surface area contributed by atoms with Gasteiger partial charge in [0.1, 0.15) is 0 Å². The molecule has 0 amide bonds. The predicted octanol–water partition coefficient (Wildman–Crippen LogP) is 2.29. The fraction of sp³-hybridized carbons (Fsp3) is 0.562. The summed E-state index contributed by atoms with van der Waals surface area (Å²) in [6.07, 6.45) is 1.20. The highest BCUT2D eigenvalue weighted by Crippen LogP contribution is 2.09. The van der Waals surface area contributed by atoms with Gasteiger partial charge in [0.25, 0.3) is 0 Å². The Morgan fingerprint density at radius 1 is 1.16 bits per heavy atom. The van der Waals surface area contributed by atoms with E-state index in [0.29, 0.717) is 12.6 Å². The first-order valence-electron chi connectivity index (χ1n) is 7.25. The van der Waals surface area contributed by atoms with Crippen molar-refractivity contribution in [3.05, 3.63) is 35.9 Å². The van der Waals surface area contributed by atoms with Crippen molar-refractivity contribution in [2.24, 2.45) is 0 Å². The molecule has 0 saturated carbocycles. The molecular formula is C16H24N2O. The van der Waals surface area contributed by atoms with Gasteiger partial charge in [-0.15, -0.1) is 0 Å². The Labute approximate surface area is 116 Å². The number of nitrogens with zero attached hydrogens (tertiary/aromatic N) is 2. The Hall–Kier alpha value is -1.19. The number of hydrogen-bond acceptors (Lipinski definition) is 3. The summed E-state index contributed by atoms with van der Waals surface area (Å²) in [6.45, 7) is 9.24. The number of ketones is 1. The lowest BCUT2D eigenvalue weighted by Crippen LogP contribution is -2.50. The van der Waals surface area contributed by atoms with Crippen LogP contribution >= 0.6 is 0 Å². The van der Waals surface area contributed by atoms with Crippen LogP contribution < -0.4 is 0 Å². The monoisotopic (exact) mass is 260 g/mol. The lowest BCUT2D eigenvalue weighted by atomic mass is 10.1. The molecule has 1 heterocycles. The molecule has 1 unspecified atom stereocenters. The smallest absolute Gasteiger partial charge is 0.176 e. The summed E-state index contributed by atoms with van der Waals surface area (Å²) in [5, 5.41) is 0. The molecule has 1 aliphatic heterocycles. The van der Waals surface area contributed by atoms with E-state index in [1.165, 1.54) is 6.42 Å². The number of Topliss-reactive ketones (excluding diaryl/α,β-unsaturated/α-hetero) is 1. The second-order valence-electron chi connectivity index (χ2n) is 5.36. The summed E-state index contributed by atoms with van der Waals surface area (Å²) in [6, 6.07) is 10.3. The molecule has 2 rings (SSSR count). The van der Waals surface area contributed by atoms with Gasteiger partial charge in [-0.2, -0.15) is 0 Å². The Bertz CT molecular complexity index is 396. The minimum absolute atomic E-state index is 0.234. The van der Waals surface area contributed by atoms with Gasteiger partial charge < -0.3 is 0 Å². The van der Waals surface area contributed by atoms with Crippen LogP contribution in [0.3, 0.4) is 0 Å². The van der Waals surface area contributed by atoms with Gasteiger partial charge >= 0.3 is 0 Å². The van der Waals surface area contributed by atoms with E-state index in [9.17, 15) is 4.79 Å². The van der Waals surface area contributed by atoms with Crippen LogP contribution in [0.5, 0.6) is 0 Å². The van der Waals surface area contributed by atoms with Crippen molar-refractivity contribution in [3.63, 3.8) is 0 Å². The molecule has 104 valence electrons. The average molecular weight is 260 g/mol. The first-order valence-corrected chi connectivity index (χ1v) is 7.25. The number of piperazine rings is 1. The summed E-state index contributed by atoms with van der Waals surface area (Å²) in [7, 11) is 0. The van der Waals surface area contributed by atoms with Crippen molar-refractivity contribution in [2.75, 3.05) is 32.7 Å². The van der Waals surface area contributed by atoms with Gasteiger partial charge in [0.05, 0.1) is 6.54 Å². The van der Waals surface area contributed by atoms with Crippen molar-refractivity contribution < 1.29 is 4.79 Å². The van der Waals surface area contributed by atoms with Crippen LogP contribution in [-0.4, -0.2) is 54.3 Å². The van der Waals surface area contributed by atoms with E-state index in [2.05, 4.69) is 23.6 Å². The molecule has 0 N–H and O–H groups in total. The molecule has 1 aromatic rings. The maximum absolute atomic E-state index is 12.1. The van der Waals surface area contributed by atoms with Gasteiger partial charge in [-0.3, -0.25) is 14.6 Å². The molecular weight excluding hydrogens is 236 g/mol. The molecule has 1 fully saturated rings. The van der Waals surface area contributed by atoms with E-state index in [1.807, 2.05) is 30.3 Å². The van der Waals surface area contributed by atoms with Crippen LogP contribution in [0, 0.1) is 0 Å². The van der Waals surface area contributed by atoms with E-state index in [0.717, 1.165) is 31.7 Å². The molecule has 1 aliphatic rings. The van der Waals surface area contributed by atoms with Gasteiger partial charge in [-0.1, -0.05) is 37.3 Å². The van der Waals surface area contributed by atoms with Crippen LogP contribution in [0.4, 0.5) is 0 Å². The standard InChI is InChI=1S/C16H24N2O/c1-3-14(2)18-11-9-17(10-12-18)13-16(19)15-7-5-4-6-8-15/h4-8,14H,3,9-13H2,1-2H3. The lowest BCUT2D eigenvalue weighted by molar-refractivity contribution is 0.0784. The summed E-state index contributed by atoms with van der Waals surface area (Å²) in [4.78, 5) is 16.9. The van der Waals surface area contributed by atoms with Crippen molar-refractivity contribution in [1.29, 1.82) is 0 Å². The zero-order valence-corrected chi connectivity index (χ0v) is 12.0. The number of benzene rings is 1. The third-order valence-electron chi connectivity index (χ3n) is 4.08. The van der Waals surface area contributed by atoms with Crippen molar-refractivity contribution in [1.82, 2.24) is 9.80 Å². The molecule has 19 heavy (non-hydrogen) atoms. The molecule has 0 spiro atoms. The van der Waals surface area contributed by atoms with Gasteiger partial charge in [0.15, 0.2) is 5.78 Å². The topological polar surface area (TPSA) is 23.6 Å². The fourth-order valence-corrected chi connectivity index (χ4v) is 2.54. The first-order chi connectivity index (χ1) is 9.20. The Morgan fingerprint density at radius 2 is 1.79 bits per heavy atom. The predicted molar refractivity (Wildman–Crippen MR) is 78.5 cm³/mol. The third kappa shape index (κ3) is 3.88. The zero-order chi connectivity index (χ0) is 13.7. The first kappa shape index (κ1) is 14.2. The highest BCUT2D eigenvalue weighted by molar-refractivity contribution is 5.97. The van der Waals surface area contributed by atoms with E-state index in [-0.39, 0.29) is 5.78 Å². The minimum atomic E-state index is 0.234. The summed E-state index contributed by atoms with van der Waals surface area (Å²) in [5.41, 5.74) is 0.826. The molecule has 1 atom stereocenters. The van der Waals surface area contributed by atoms with Crippen LogP contribution in [0.15, 0.2) is 30.3 Å². The van der Waals surface area contributed by atoms with E-state index >= 15 is 0 Å². The molecule has 1 aromatic carbocycles. The SMILES string of the molecule is CCC(C)N1CCN(CC(=O)c2ccccc2)CC1. The lowest BCUT2D eigenvalue weighted by Gasteiger charge is -2.37. The highest BCUT2D eigenvalue weighted by Gasteiger charge is 2.21. The number of carbonyl (C=O) groups excluding carboxylic acids is 1. The van der Waals surface area contributed by atoms with Gasteiger partial charge in [-0.25, -0.2) is 0 Å². The minimum Gasteiger partial charge on any atom is -0.298 e. The highest BCUT2D eigenvalue weighted by atomic mass is 16.1. The van der Waals surface area contributed by atoms with E-state index in [4.69, 9.17) is 0 Å². The second-order valence-corrected chi connectivity index (χ2v) is 5.36. The van der Waals surface area contributed by atoms with Gasteiger partial charge in [0.2, 0.25) is 0 Å². The third-order valence-corrected chi connectivity index (χ3v) is 4.08. The molecule has 3 heteroatoms. The number of carbonyl (C=O) groups is 1. The zero-order valence-electron chi connectivity index (χ0n) is 12.0. The van der Waals surface area contributed by atoms with Crippen LogP contribution in [0.2, 0.25) is 0 Å². The average Bonchev–Trinajstić information content (AvgIpc) is 2.48. The fourth-order valence-electron chi connectivity index (χ4n) is 2.54. The Kier molecular flexibility index (Phi) is 5.11. The second kappa shape index (κ2) is 6.83. The molecule has 3 nitrogen and oxygen atoms in total. The number of rotatable bonds is 5. The van der Waals surface area contributed by atoms with Crippen LogP contribution in [-0.2, 0) is 0 Å². The van der Waals surface area contributed by atoms with Gasteiger partial charge in [0, 0.05) is 37.8 Å². The van der Waals surface area contributed by atoms with E-state index < -0.39 is 0 Å². The number of hydrogen-bond donors (Lipinski definition) is 0. The van der Waals surface area contributed by atoms with Crippen molar-refractivity contribution in [3.8, 4) is 0 Å². The molecule has 0 bridgehead atoms. The van der Waals surface area contributed by atoms with Crippen LogP contribution in [0.1, 0.15) is 30.6 Å². The Morgan fingerprint density at radius 3 is 2.37 bits per heavy atom. The van der Waals surface area contributed by atoms with Crippen molar-refractivity contribution >= 4 is 5.78 Å². The van der Waals surface area contributed by atoms with Crippen LogP contribution in [0.25, 0.3) is 0 Å². The molecule has 0 radical (unpaired) electrons. The maximum atomic E-state index is 12.1. The summed E-state index contributed by atoms with van der Waals surface area (Å²) >= 11 is 0.